The zero-order valence-electron chi connectivity index (χ0n) is 16.7. The van der Waals surface area contributed by atoms with Gasteiger partial charge in [-0.1, -0.05) is 18.2 Å². The van der Waals surface area contributed by atoms with E-state index in [4.69, 9.17) is 0 Å². The van der Waals surface area contributed by atoms with E-state index in [0.717, 1.165) is 29.6 Å². The number of thiophene rings is 1. The Morgan fingerprint density at radius 3 is 2.62 bits per heavy atom. The van der Waals surface area contributed by atoms with E-state index in [0.29, 0.717) is 31.5 Å². The van der Waals surface area contributed by atoms with Crippen LogP contribution in [0.4, 0.5) is 0 Å². The van der Waals surface area contributed by atoms with Crippen molar-refractivity contribution in [3.63, 3.8) is 0 Å². The fourth-order valence-electron chi connectivity index (χ4n) is 3.37. The molecular formula is C19H29IN4O3S2. The Hall–Kier alpha value is -0.950. The van der Waals surface area contributed by atoms with Crippen LogP contribution in [0.25, 0.3) is 10.1 Å². The highest BCUT2D eigenvalue weighted by atomic mass is 127. The average Bonchev–Trinajstić information content (AvgIpc) is 3.12. The standard InChI is InChI=1S/C19H28N4O3S2.HI/c1-20-19(21-12-14-7-9-23(10-8-14)28(2,25)26)22-13-16(24)18-11-15-5-3-4-6-17(15)27-18;/h3-6,11,14,16,24H,7-10,12-13H2,1-2H3,(H2,20,21,22);1H. The lowest BCUT2D eigenvalue weighted by molar-refractivity contribution is 0.184. The molecule has 7 nitrogen and oxygen atoms in total. The number of aliphatic hydroxyl groups excluding tert-OH is 1. The first kappa shape index (κ1) is 24.3. The van der Waals surface area contributed by atoms with Gasteiger partial charge in [0.15, 0.2) is 5.96 Å². The first-order chi connectivity index (χ1) is 13.4. The van der Waals surface area contributed by atoms with E-state index in [1.54, 1.807) is 18.4 Å². The molecule has 10 heteroatoms. The van der Waals surface area contributed by atoms with Gasteiger partial charge < -0.3 is 15.7 Å². The number of benzene rings is 1. The van der Waals surface area contributed by atoms with Crippen molar-refractivity contribution < 1.29 is 13.5 Å². The van der Waals surface area contributed by atoms with E-state index in [9.17, 15) is 13.5 Å². The van der Waals surface area contributed by atoms with E-state index < -0.39 is 16.1 Å². The molecule has 0 saturated carbocycles. The van der Waals surface area contributed by atoms with Crippen molar-refractivity contribution in [1.82, 2.24) is 14.9 Å². The van der Waals surface area contributed by atoms with Gasteiger partial charge in [-0.2, -0.15) is 0 Å². The SMILES string of the molecule is CN=C(NCC1CCN(S(C)(=O)=O)CC1)NCC(O)c1cc2ccccc2s1.I. The number of aliphatic hydroxyl groups is 1. The molecular weight excluding hydrogens is 523 g/mol. The number of piperidine rings is 1. The van der Waals surface area contributed by atoms with Crippen LogP contribution in [0, 0.1) is 5.92 Å². The minimum absolute atomic E-state index is 0. The molecule has 0 spiro atoms. The van der Waals surface area contributed by atoms with Crippen molar-refractivity contribution in [3.8, 4) is 0 Å². The highest BCUT2D eigenvalue weighted by Crippen LogP contribution is 2.29. The molecule has 1 aromatic heterocycles. The number of guanidine groups is 1. The molecule has 1 aliphatic heterocycles. The van der Waals surface area contributed by atoms with Crippen LogP contribution in [0.3, 0.4) is 0 Å². The Bertz CT molecular complexity index is 891. The number of rotatable bonds is 6. The zero-order chi connectivity index (χ0) is 20.1. The van der Waals surface area contributed by atoms with E-state index >= 15 is 0 Å². The number of sulfonamides is 1. The summed E-state index contributed by atoms with van der Waals surface area (Å²) in [7, 11) is -1.39. The summed E-state index contributed by atoms with van der Waals surface area (Å²) in [6.45, 7) is 2.25. The maximum atomic E-state index is 11.6. The lowest BCUT2D eigenvalue weighted by Gasteiger charge is -2.30. The molecule has 0 aliphatic carbocycles. The molecule has 0 radical (unpaired) electrons. The highest BCUT2D eigenvalue weighted by molar-refractivity contribution is 14.0. The second-order valence-corrected chi connectivity index (χ2v) is 10.2. The lowest BCUT2D eigenvalue weighted by Crippen LogP contribution is -2.44. The first-order valence-electron chi connectivity index (χ1n) is 9.43. The van der Waals surface area contributed by atoms with Gasteiger partial charge in [-0.25, -0.2) is 12.7 Å². The van der Waals surface area contributed by atoms with Crippen LogP contribution >= 0.6 is 35.3 Å². The molecule has 1 aliphatic rings. The lowest BCUT2D eigenvalue weighted by atomic mass is 9.98. The molecule has 2 heterocycles. The summed E-state index contributed by atoms with van der Waals surface area (Å²) in [6.07, 6.45) is 2.33. The molecule has 29 heavy (non-hydrogen) atoms. The van der Waals surface area contributed by atoms with Crippen molar-refractivity contribution in [3.05, 3.63) is 35.2 Å². The molecule has 0 amide bonds. The van der Waals surface area contributed by atoms with Crippen LogP contribution in [0.2, 0.25) is 0 Å². The topological polar surface area (TPSA) is 94.0 Å². The number of hydrogen-bond acceptors (Lipinski definition) is 5. The predicted molar refractivity (Wildman–Crippen MR) is 131 cm³/mol. The summed E-state index contributed by atoms with van der Waals surface area (Å²) < 4.78 is 25.9. The fourth-order valence-corrected chi connectivity index (χ4v) is 5.29. The van der Waals surface area contributed by atoms with E-state index in [2.05, 4.69) is 21.7 Å². The second kappa shape index (κ2) is 10.9. The summed E-state index contributed by atoms with van der Waals surface area (Å²) in [4.78, 5) is 5.14. The van der Waals surface area contributed by atoms with Gasteiger partial charge in [0.2, 0.25) is 10.0 Å². The van der Waals surface area contributed by atoms with E-state index in [-0.39, 0.29) is 24.0 Å². The molecule has 0 bridgehead atoms. The minimum Gasteiger partial charge on any atom is -0.386 e. The van der Waals surface area contributed by atoms with Crippen molar-refractivity contribution in [2.75, 3.05) is 39.5 Å². The first-order valence-corrected chi connectivity index (χ1v) is 12.1. The number of halogens is 1. The van der Waals surface area contributed by atoms with E-state index in [1.165, 1.54) is 15.3 Å². The van der Waals surface area contributed by atoms with Gasteiger partial charge in [-0.15, -0.1) is 35.3 Å². The molecule has 162 valence electrons. The molecule has 1 aromatic carbocycles. The number of hydrogen-bond donors (Lipinski definition) is 3. The fraction of sp³-hybridized carbons (Fsp3) is 0.526. The Morgan fingerprint density at radius 2 is 2.00 bits per heavy atom. The molecule has 1 saturated heterocycles. The summed E-state index contributed by atoms with van der Waals surface area (Å²) in [5.41, 5.74) is 0. The number of nitrogens with one attached hydrogen (secondary N) is 2. The maximum Gasteiger partial charge on any atom is 0.211 e. The molecule has 1 fully saturated rings. The largest absolute Gasteiger partial charge is 0.386 e. The summed E-state index contributed by atoms with van der Waals surface area (Å²) in [5, 5.41) is 18.1. The van der Waals surface area contributed by atoms with Crippen LogP contribution < -0.4 is 10.6 Å². The summed E-state index contributed by atoms with van der Waals surface area (Å²) in [5.74, 6) is 1.05. The number of nitrogens with zero attached hydrogens (tertiary/aromatic N) is 2. The van der Waals surface area contributed by atoms with Gasteiger partial charge >= 0.3 is 0 Å². The van der Waals surface area contributed by atoms with Crippen LogP contribution in [0.5, 0.6) is 0 Å². The zero-order valence-corrected chi connectivity index (χ0v) is 20.6. The molecule has 1 atom stereocenters. The van der Waals surface area contributed by atoms with Gasteiger partial charge in [-0.3, -0.25) is 4.99 Å². The van der Waals surface area contributed by atoms with Gasteiger partial charge in [0.25, 0.3) is 0 Å². The van der Waals surface area contributed by atoms with Gasteiger partial charge in [0.05, 0.1) is 6.26 Å². The second-order valence-electron chi connectivity index (χ2n) is 7.14. The van der Waals surface area contributed by atoms with E-state index in [1.807, 2.05) is 24.3 Å². The van der Waals surface area contributed by atoms with Crippen molar-refractivity contribution >= 4 is 61.4 Å². The summed E-state index contributed by atoms with van der Waals surface area (Å²) >= 11 is 1.60. The highest BCUT2D eigenvalue weighted by Gasteiger charge is 2.24. The average molecular weight is 553 g/mol. The number of aliphatic imine (C=N–C) groups is 1. The third kappa shape index (κ3) is 6.78. The van der Waals surface area contributed by atoms with Gasteiger partial charge in [-0.05, 0) is 36.3 Å². The van der Waals surface area contributed by atoms with Crippen molar-refractivity contribution in [2.24, 2.45) is 10.9 Å². The molecule has 1 unspecified atom stereocenters. The normalized spacial score (nSPS) is 17.7. The van der Waals surface area contributed by atoms with Crippen molar-refractivity contribution in [2.45, 2.75) is 18.9 Å². The van der Waals surface area contributed by atoms with Crippen molar-refractivity contribution in [1.29, 1.82) is 0 Å². The number of fused-ring (bicyclic) bond motifs is 1. The van der Waals surface area contributed by atoms with Gasteiger partial charge in [0.1, 0.15) is 6.10 Å². The monoisotopic (exact) mass is 552 g/mol. The Kier molecular flexibility index (Phi) is 9.14. The maximum absolute atomic E-state index is 11.6. The minimum atomic E-state index is -3.09. The van der Waals surface area contributed by atoms with Crippen LogP contribution in [0.15, 0.2) is 35.3 Å². The van der Waals surface area contributed by atoms with Crippen LogP contribution in [-0.4, -0.2) is 63.3 Å². The molecule has 2 aromatic rings. The Labute approximate surface area is 193 Å². The quantitative estimate of drug-likeness (QED) is 0.291. The molecule has 3 rings (SSSR count). The molecule has 3 N–H and O–H groups in total. The predicted octanol–water partition coefficient (Wildman–Crippen LogP) is 2.39. The Morgan fingerprint density at radius 1 is 1.31 bits per heavy atom. The van der Waals surface area contributed by atoms with Gasteiger partial charge in [0, 0.05) is 42.8 Å². The third-order valence-electron chi connectivity index (χ3n) is 5.06. The summed E-state index contributed by atoms with van der Waals surface area (Å²) in [6, 6.07) is 10.1. The van der Waals surface area contributed by atoms with Crippen LogP contribution in [0.1, 0.15) is 23.8 Å². The smallest absolute Gasteiger partial charge is 0.211 e. The Balaban J connectivity index is 0.00000300. The van der Waals surface area contributed by atoms with Crippen LogP contribution in [-0.2, 0) is 10.0 Å². The third-order valence-corrected chi connectivity index (χ3v) is 7.58.